The average molecular weight is 432 g/mol. The van der Waals surface area contributed by atoms with Gasteiger partial charge in [0, 0.05) is 44.7 Å². The first-order chi connectivity index (χ1) is 14.7. The molecule has 1 aromatic rings. The Hall–Kier alpha value is -2.12. The van der Waals surface area contributed by atoms with Crippen LogP contribution in [-0.2, 0) is 14.3 Å². The van der Waals surface area contributed by atoms with Crippen LogP contribution in [0.5, 0.6) is 0 Å². The number of hydrogen-bond acceptors (Lipinski definition) is 5. The van der Waals surface area contributed by atoms with Crippen LogP contribution in [0.25, 0.3) is 0 Å². The van der Waals surface area contributed by atoms with Gasteiger partial charge in [-0.1, -0.05) is 30.3 Å². The zero-order valence-corrected chi connectivity index (χ0v) is 19.3. The third-order valence-corrected chi connectivity index (χ3v) is 5.69. The number of alkyl carbamates (subject to hydrolysis) is 1. The van der Waals surface area contributed by atoms with Crippen molar-refractivity contribution in [1.82, 2.24) is 15.1 Å². The van der Waals surface area contributed by atoms with Crippen LogP contribution in [0.4, 0.5) is 4.79 Å². The van der Waals surface area contributed by atoms with Crippen LogP contribution in [-0.4, -0.2) is 79.4 Å². The highest BCUT2D eigenvalue weighted by atomic mass is 16.6. The van der Waals surface area contributed by atoms with Crippen LogP contribution in [0.2, 0.25) is 0 Å². The molecule has 2 fully saturated rings. The molecule has 0 radical (unpaired) electrons. The van der Waals surface area contributed by atoms with Gasteiger partial charge < -0.3 is 19.7 Å². The Balaban J connectivity index is 1.58. The maximum absolute atomic E-state index is 13.4. The maximum Gasteiger partial charge on any atom is 0.407 e. The molecule has 0 spiro atoms. The third kappa shape index (κ3) is 7.51. The van der Waals surface area contributed by atoms with Gasteiger partial charge in [0.1, 0.15) is 5.60 Å². The molecule has 1 saturated carbocycles. The summed E-state index contributed by atoms with van der Waals surface area (Å²) in [6.07, 6.45) is 0.444. The number of nitrogens with one attached hydrogen (secondary N) is 1. The quantitative estimate of drug-likeness (QED) is 0.685. The largest absolute Gasteiger partial charge is 0.444 e. The van der Waals surface area contributed by atoms with E-state index >= 15 is 0 Å². The fraction of sp³-hybridized carbons (Fsp3) is 0.667. The van der Waals surface area contributed by atoms with Crippen LogP contribution < -0.4 is 5.32 Å². The summed E-state index contributed by atoms with van der Waals surface area (Å²) in [6.45, 7) is 12.6. The van der Waals surface area contributed by atoms with Crippen molar-refractivity contribution in [3.8, 4) is 0 Å². The van der Waals surface area contributed by atoms with Crippen molar-refractivity contribution in [2.75, 3.05) is 45.9 Å². The topological polar surface area (TPSA) is 71.1 Å². The molecule has 7 heteroatoms. The van der Waals surface area contributed by atoms with Gasteiger partial charge in [-0.25, -0.2) is 4.79 Å². The van der Waals surface area contributed by atoms with Crippen molar-refractivity contribution in [2.45, 2.75) is 51.7 Å². The van der Waals surface area contributed by atoms with E-state index in [-0.39, 0.29) is 17.9 Å². The maximum atomic E-state index is 13.4. The number of benzene rings is 1. The summed E-state index contributed by atoms with van der Waals surface area (Å²) >= 11 is 0. The molecule has 2 amide bonds. The Bertz CT molecular complexity index is 728. The zero-order valence-electron chi connectivity index (χ0n) is 19.3. The van der Waals surface area contributed by atoms with E-state index in [4.69, 9.17) is 9.47 Å². The normalized spacial score (nSPS) is 22.5. The number of amides is 2. The van der Waals surface area contributed by atoms with Crippen molar-refractivity contribution < 1.29 is 19.1 Å². The Morgan fingerprint density at radius 2 is 1.90 bits per heavy atom. The zero-order chi connectivity index (χ0) is 22.4. The first kappa shape index (κ1) is 23.5. The Morgan fingerprint density at radius 3 is 2.55 bits per heavy atom. The van der Waals surface area contributed by atoms with Crippen molar-refractivity contribution in [1.29, 1.82) is 0 Å². The summed E-state index contributed by atoms with van der Waals surface area (Å²) < 4.78 is 10.8. The molecule has 0 unspecified atom stereocenters. The van der Waals surface area contributed by atoms with Gasteiger partial charge in [-0.05, 0) is 45.6 Å². The molecule has 3 rings (SSSR count). The predicted octanol–water partition coefficient (Wildman–Crippen LogP) is 2.86. The number of ether oxygens (including phenoxy) is 2. The lowest BCUT2D eigenvalue weighted by Crippen LogP contribution is -2.49. The van der Waals surface area contributed by atoms with Crippen LogP contribution in [0, 0.1) is 5.92 Å². The predicted molar refractivity (Wildman–Crippen MR) is 120 cm³/mol. The SMILES string of the molecule is C[C@H](CN(CCN1CCOCC1)C(=O)[C@@H]1C[C@H]1c1ccccc1)NC(=O)OC(C)(C)C. The lowest BCUT2D eigenvalue weighted by atomic mass is 10.1. The lowest BCUT2D eigenvalue weighted by molar-refractivity contribution is -0.133. The second kappa shape index (κ2) is 10.5. The van der Waals surface area contributed by atoms with E-state index in [9.17, 15) is 9.59 Å². The van der Waals surface area contributed by atoms with Crippen molar-refractivity contribution in [2.24, 2.45) is 5.92 Å². The summed E-state index contributed by atoms with van der Waals surface area (Å²) in [6, 6.07) is 10.1. The number of hydrogen-bond donors (Lipinski definition) is 1. The van der Waals surface area contributed by atoms with Gasteiger partial charge in [-0.15, -0.1) is 0 Å². The molecular formula is C24H37N3O4. The summed E-state index contributed by atoms with van der Waals surface area (Å²) in [5.74, 6) is 0.509. The molecule has 1 N–H and O–H groups in total. The van der Waals surface area contributed by atoms with Crippen molar-refractivity contribution >= 4 is 12.0 Å². The van der Waals surface area contributed by atoms with Gasteiger partial charge in [-0.3, -0.25) is 9.69 Å². The van der Waals surface area contributed by atoms with E-state index in [0.29, 0.717) is 19.0 Å². The lowest BCUT2D eigenvalue weighted by Gasteiger charge is -2.32. The second-order valence-corrected chi connectivity index (χ2v) is 9.64. The highest BCUT2D eigenvalue weighted by molar-refractivity contribution is 5.83. The second-order valence-electron chi connectivity index (χ2n) is 9.64. The molecule has 1 aromatic carbocycles. The van der Waals surface area contributed by atoms with Gasteiger partial charge in [0.05, 0.1) is 13.2 Å². The minimum atomic E-state index is -0.549. The van der Waals surface area contributed by atoms with Crippen LogP contribution in [0.1, 0.15) is 45.6 Å². The van der Waals surface area contributed by atoms with E-state index in [1.54, 1.807) is 0 Å². The molecule has 0 aromatic heterocycles. The highest BCUT2D eigenvalue weighted by Gasteiger charge is 2.45. The van der Waals surface area contributed by atoms with Gasteiger partial charge in [0.2, 0.25) is 5.91 Å². The number of morpholine rings is 1. The summed E-state index contributed by atoms with van der Waals surface area (Å²) in [5, 5.41) is 2.87. The van der Waals surface area contributed by atoms with E-state index in [2.05, 4.69) is 22.3 Å². The van der Waals surface area contributed by atoms with E-state index in [1.807, 2.05) is 50.8 Å². The minimum absolute atomic E-state index is 0.0285. The number of nitrogens with zero attached hydrogens (tertiary/aromatic N) is 2. The summed E-state index contributed by atoms with van der Waals surface area (Å²) in [5.41, 5.74) is 0.681. The van der Waals surface area contributed by atoms with Gasteiger partial charge in [-0.2, -0.15) is 0 Å². The number of carbonyl (C=O) groups excluding carboxylic acids is 2. The molecule has 172 valence electrons. The average Bonchev–Trinajstić information content (AvgIpc) is 3.51. The fourth-order valence-corrected chi connectivity index (χ4v) is 4.03. The molecule has 7 nitrogen and oxygen atoms in total. The highest BCUT2D eigenvalue weighted by Crippen LogP contribution is 2.48. The Labute approximate surface area is 186 Å². The van der Waals surface area contributed by atoms with Gasteiger partial charge >= 0.3 is 6.09 Å². The molecule has 1 saturated heterocycles. The Kier molecular flexibility index (Phi) is 7.94. The molecular weight excluding hydrogens is 394 g/mol. The van der Waals surface area contributed by atoms with Crippen molar-refractivity contribution in [3.63, 3.8) is 0 Å². The summed E-state index contributed by atoms with van der Waals surface area (Å²) in [4.78, 5) is 29.8. The molecule has 0 bridgehead atoms. The number of carbonyl (C=O) groups is 2. The standard InChI is InChI=1S/C24H37N3O4/c1-18(25-23(29)31-24(2,3)4)17-27(11-10-26-12-14-30-15-13-26)22(28)21-16-20(21)19-8-6-5-7-9-19/h5-9,18,20-21H,10-17H2,1-4H3,(H,25,29)/t18-,20+,21-/m1/s1. The van der Waals surface area contributed by atoms with Gasteiger partial charge in [0.25, 0.3) is 0 Å². The first-order valence-electron chi connectivity index (χ1n) is 11.4. The monoisotopic (exact) mass is 431 g/mol. The van der Waals surface area contributed by atoms with Crippen LogP contribution in [0.3, 0.4) is 0 Å². The first-order valence-corrected chi connectivity index (χ1v) is 11.4. The molecule has 1 heterocycles. The smallest absolute Gasteiger partial charge is 0.407 e. The summed E-state index contributed by atoms with van der Waals surface area (Å²) in [7, 11) is 0. The van der Waals surface area contributed by atoms with E-state index in [0.717, 1.165) is 39.3 Å². The van der Waals surface area contributed by atoms with Crippen molar-refractivity contribution in [3.05, 3.63) is 35.9 Å². The Morgan fingerprint density at radius 1 is 1.23 bits per heavy atom. The van der Waals surface area contributed by atoms with Crippen LogP contribution >= 0.6 is 0 Å². The third-order valence-electron chi connectivity index (χ3n) is 5.69. The molecule has 31 heavy (non-hydrogen) atoms. The van der Waals surface area contributed by atoms with E-state index in [1.165, 1.54) is 5.56 Å². The minimum Gasteiger partial charge on any atom is -0.444 e. The van der Waals surface area contributed by atoms with E-state index < -0.39 is 11.7 Å². The molecule has 1 aliphatic carbocycles. The number of rotatable bonds is 8. The van der Waals surface area contributed by atoms with Gasteiger partial charge in [0.15, 0.2) is 0 Å². The van der Waals surface area contributed by atoms with Crippen LogP contribution in [0.15, 0.2) is 30.3 Å². The molecule has 3 atom stereocenters. The fourth-order valence-electron chi connectivity index (χ4n) is 4.03. The molecule has 1 aliphatic heterocycles. The molecule has 2 aliphatic rings.